The number of imidazole rings is 1. The molecule has 0 bridgehead atoms. The van der Waals surface area contributed by atoms with Gasteiger partial charge in [-0.25, -0.2) is 9.97 Å². The van der Waals surface area contributed by atoms with Gasteiger partial charge in [0.2, 0.25) is 0 Å². The fourth-order valence-electron chi connectivity index (χ4n) is 2.70. The van der Waals surface area contributed by atoms with Crippen molar-refractivity contribution >= 4 is 16.9 Å². The summed E-state index contributed by atoms with van der Waals surface area (Å²) in [5.41, 5.74) is 2.35. The molecule has 0 radical (unpaired) electrons. The number of carbonyl (C=O) groups excluding carboxylic acids is 1. The molecular weight excluding hydrogens is 316 g/mol. The third-order valence-electron chi connectivity index (χ3n) is 3.86. The number of amides is 1. The molecule has 2 aromatic heterocycles. The summed E-state index contributed by atoms with van der Waals surface area (Å²) in [6.45, 7) is 4.31. The van der Waals surface area contributed by atoms with Crippen molar-refractivity contribution in [3.63, 3.8) is 0 Å². The monoisotopic (exact) mass is 338 g/mol. The van der Waals surface area contributed by atoms with E-state index in [9.17, 15) is 4.79 Å². The Bertz CT molecular complexity index is 886. The number of pyridine rings is 1. The lowest BCUT2D eigenvalue weighted by molar-refractivity contribution is 0.0942. The van der Waals surface area contributed by atoms with Crippen molar-refractivity contribution in [2.75, 3.05) is 6.54 Å². The zero-order valence-electron chi connectivity index (χ0n) is 14.7. The predicted octanol–water partition coefficient (Wildman–Crippen LogP) is 2.73. The van der Waals surface area contributed by atoms with Crippen molar-refractivity contribution in [2.45, 2.75) is 26.4 Å². The number of fused-ring (bicyclic) bond motifs is 1. The standard InChI is InChI=1S/C19H22N4O2/c1-13(2)25-16-9-6-11-20-18(16)19(24)21-12-10-17-22-14-7-4-5-8-15(14)23(17)3/h4-9,11,13H,10,12H2,1-3H3,(H,21,24). The van der Waals surface area contributed by atoms with Crippen molar-refractivity contribution in [3.05, 3.63) is 54.1 Å². The third kappa shape index (κ3) is 3.79. The van der Waals surface area contributed by atoms with Crippen LogP contribution in [0.15, 0.2) is 42.6 Å². The molecule has 3 aromatic rings. The summed E-state index contributed by atoms with van der Waals surface area (Å²) < 4.78 is 7.70. The maximum Gasteiger partial charge on any atom is 0.273 e. The smallest absolute Gasteiger partial charge is 0.273 e. The van der Waals surface area contributed by atoms with Gasteiger partial charge >= 0.3 is 0 Å². The molecule has 0 aliphatic rings. The van der Waals surface area contributed by atoms with Crippen LogP contribution in [0, 0.1) is 0 Å². The number of nitrogens with zero attached hydrogens (tertiary/aromatic N) is 3. The second kappa shape index (κ2) is 7.34. The van der Waals surface area contributed by atoms with Gasteiger partial charge in [-0.2, -0.15) is 0 Å². The van der Waals surface area contributed by atoms with E-state index in [1.54, 1.807) is 18.3 Å². The van der Waals surface area contributed by atoms with E-state index in [0.29, 0.717) is 24.4 Å². The highest BCUT2D eigenvalue weighted by molar-refractivity contribution is 5.94. The predicted molar refractivity (Wildman–Crippen MR) is 96.8 cm³/mol. The molecule has 6 heteroatoms. The fourth-order valence-corrected chi connectivity index (χ4v) is 2.70. The Labute approximate surface area is 146 Å². The van der Waals surface area contributed by atoms with Crippen LogP contribution in [0.5, 0.6) is 5.75 Å². The second-order valence-electron chi connectivity index (χ2n) is 6.10. The van der Waals surface area contributed by atoms with Gasteiger partial charge in [0.05, 0.1) is 17.1 Å². The highest BCUT2D eigenvalue weighted by Crippen LogP contribution is 2.17. The van der Waals surface area contributed by atoms with E-state index < -0.39 is 0 Å². The lowest BCUT2D eigenvalue weighted by Crippen LogP contribution is -2.28. The number of hydrogen-bond donors (Lipinski definition) is 1. The molecule has 3 rings (SSSR count). The minimum absolute atomic E-state index is 0.0178. The van der Waals surface area contributed by atoms with Crippen molar-refractivity contribution in [1.29, 1.82) is 0 Å². The number of ether oxygens (including phenoxy) is 1. The van der Waals surface area contributed by atoms with Crippen molar-refractivity contribution in [1.82, 2.24) is 19.9 Å². The number of carbonyl (C=O) groups is 1. The van der Waals surface area contributed by atoms with E-state index in [1.807, 2.05) is 45.2 Å². The Hall–Kier alpha value is -2.89. The van der Waals surface area contributed by atoms with Gasteiger partial charge in [-0.1, -0.05) is 12.1 Å². The number of nitrogens with one attached hydrogen (secondary N) is 1. The summed E-state index contributed by atoms with van der Waals surface area (Å²) in [6, 6.07) is 11.5. The normalized spacial score (nSPS) is 11.0. The summed E-state index contributed by atoms with van der Waals surface area (Å²) in [6.07, 6.45) is 2.22. The minimum Gasteiger partial charge on any atom is -0.489 e. The third-order valence-corrected chi connectivity index (χ3v) is 3.86. The van der Waals surface area contributed by atoms with Crippen LogP contribution < -0.4 is 10.1 Å². The van der Waals surface area contributed by atoms with Gasteiger partial charge in [-0.3, -0.25) is 4.79 Å². The first-order valence-corrected chi connectivity index (χ1v) is 8.36. The number of para-hydroxylation sites is 2. The molecule has 25 heavy (non-hydrogen) atoms. The Morgan fingerprint density at radius 3 is 2.80 bits per heavy atom. The lowest BCUT2D eigenvalue weighted by Gasteiger charge is -2.13. The molecule has 0 spiro atoms. The SMILES string of the molecule is CC(C)Oc1cccnc1C(=O)NCCc1nc2ccccc2n1C. The second-order valence-corrected chi connectivity index (χ2v) is 6.10. The Kier molecular flexibility index (Phi) is 4.97. The van der Waals surface area contributed by atoms with Crippen LogP contribution >= 0.6 is 0 Å². The number of benzene rings is 1. The number of hydrogen-bond acceptors (Lipinski definition) is 4. The first kappa shape index (κ1) is 17.0. The van der Waals surface area contributed by atoms with Crippen molar-refractivity contribution in [3.8, 4) is 5.75 Å². The number of aromatic nitrogens is 3. The topological polar surface area (TPSA) is 69.0 Å². The zero-order chi connectivity index (χ0) is 17.8. The van der Waals surface area contributed by atoms with Crippen LogP contribution in [0.4, 0.5) is 0 Å². The van der Waals surface area contributed by atoms with Crippen LogP contribution in [-0.2, 0) is 13.5 Å². The molecule has 0 aliphatic carbocycles. The Morgan fingerprint density at radius 2 is 2.04 bits per heavy atom. The van der Waals surface area contributed by atoms with E-state index in [0.717, 1.165) is 16.9 Å². The fraction of sp³-hybridized carbons (Fsp3) is 0.316. The lowest BCUT2D eigenvalue weighted by atomic mass is 10.3. The van der Waals surface area contributed by atoms with Crippen LogP contribution in [0.1, 0.15) is 30.2 Å². The number of rotatable bonds is 6. The Morgan fingerprint density at radius 1 is 1.24 bits per heavy atom. The first-order valence-electron chi connectivity index (χ1n) is 8.36. The Balaban J connectivity index is 1.66. The van der Waals surface area contributed by atoms with Gasteiger partial charge in [-0.15, -0.1) is 0 Å². The average Bonchev–Trinajstić information content (AvgIpc) is 2.91. The summed E-state index contributed by atoms with van der Waals surface area (Å²) >= 11 is 0. The first-order chi connectivity index (χ1) is 12.1. The minimum atomic E-state index is -0.241. The molecule has 0 atom stereocenters. The molecule has 0 saturated carbocycles. The largest absolute Gasteiger partial charge is 0.489 e. The maximum absolute atomic E-state index is 12.4. The highest BCUT2D eigenvalue weighted by atomic mass is 16.5. The van der Waals surface area contributed by atoms with Gasteiger partial charge in [-0.05, 0) is 38.1 Å². The molecule has 130 valence electrons. The van der Waals surface area contributed by atoms with Crippen LogP contribution in [0.25, 0.3) is 11.0 Å². The molecule has 2 heterocycles. The van der Waals surface area contributed by atoms with Crippen molar-refractivity contribution < 1.29 is 9.53 Å². The van der Waals surface area contributed by atoms with Crippen molar-refractivity contribution in [2.24, 2.45) is 7.05 Å². The molecular formula is C19H22N4O2. The van der Waals surface area contributed by atoms with Crippen LogP contribution in [-0.4, -0.2) is 33.1 Å². The molecule has 0 unspecified atom stereocenters. The molecule has 0 saturated heterocycles. The number of aryl methyl sites for hydroxylation is 1. The van der Waals surface area contributed by atoms with E-state index in [-0.39, 0.29) is 12.0 Å². The van der Waals surface area contributed by atoms with Crippen LogP contribution in [0.3, 0.4) is 0 Å². The van der Waals surface area contributed by atoms with E-state index in [1.165, 1.54) is 0 Å². The molecule has 0 fully saturated rings. The van der Waals surface area contributed by atoms with Gasteiger partial charge in [0, 0.05) is 26.2 Å². The van der Waals surface area contributed by atoms with E-state index in [4.69, 9.17) is 4.74 Å². The van der Waals surface area contributed by atoms with Gasteiger partial charge in [0.15, 0.2) is 11.4 Å². The van der Waals surface area contributed by atoms with Gasteiger partial charge < -0.3 is 14.6 Å². The highest BCUT2D eigenvalue weighted by Gasteiger charge is 2.15. The molecule has 0 aliphatic heterocycles. The summed E-state index contributed by atoms with van der Waals surface area (Å²) in [5.74, 6) is 1.19. The summed E-state index contributed by atoms with van der Waals surface area (Å²) in [4.78, 5) is 21.2. The van der Waals surface area contributed by atoms with Gasteiger partial charge in [0.25, 0.3) is 5.91 Å². The van der Waals surface area contributed by atoms with E-state index >= 15 is 0 Å². The quantitative estimate of drug-likeness (QED) is 0.750. The summed E-state index contributed by atoms with van der Waals surface area (Å²) in [5, 5.41) is 2.90. The van der Waals surface area contributed by atoms with Gasteiger partial charge in [0.1, 0.15) is 5.82 Å². The summed E-state index contributed by atoms with van der Waals surface area (Å²) in [7, 11) is 1.99. The molecule has 1 amide bonds. The molecule has 6 nitrogen and oxygen atoms in total. The molecule has 1 N–H and O–H groups in total. The van der Waals surface area contributed by atoms with Crippen LogP contribution in [0.2, 0.25) is 0 Å². The maximum atomic E-state index is 12.4. The van der Waals surface area contributed by atoms with E-state index in [2.05, 4.69) is 19.9 Å². The molecule has 1 aromatic carbocycles. The average molecular weight is 338 g/mol. The zero-order valence-corrected chi connectivity index (χ0v) is 14.7.